The maximum Gasteiger partial charge on any atom is 0.471 e. The van der Waals surface area contributed by atoms with Crippen molar-refractivity contribution >= 4 is 11.8 Å². The maximum atomic E-state index is 12.2. The van der Waals surface area contributed by atoms with Gasteiger partial charge in [0.1, 0.15) is 0 Å². The first-order chi connectivity index (χ1) is 8.21. The van der Waals surface area contributed by atoms with Gasteiger partial charge in [-0.25, -0.2) is 0 Å². The van der Waals surface area contributed by atoms with Gasteiger partial charge >= 0.3 is 12.1 Å². The van der Waals surface area contributed by atoms with Crippen LogP contribution in [0.5, 0.6) is 0 Å². The van der Waals surface area contributed by atoms with Gasteiger partial charge in [0.05, 0.1) is 0 Å². The summed E-state index contributed by atoms with van der Waals surface area (Å²) >= 11 is 0. The average molecular weight is 266 g/mol. The minimum Gasteiger partial charge on any atom is -0.354 e. The highest BCUT2D eigenvalue weighted by atomic mass is 19.4. The Morgan fingerprint density at radius 2 is 1.72 bits per heavy atom. The summed E-state index contributed by atoms with van der Waals surface area (Å²) in [5, 5.41) is 2.72. The molecule has 0 aromatic carbocycles. The van der Waals surface area contributed by atoms with E-state index in [-0.39, 0.29) is 43.8 Å². The van der Waals surface area contributed by atoms with E-state index in [9.17, 15) is 22.8 Å². The zero-order valence-corrected chi connectivity index (χ0v) is 10.4. The molecule has 1 aliphatic heterocycles. The minimum atomic E-state index is -4.83. The number of carbonyl (C=O) groups excluding carboxylic acids is 2. The number of halogens is 3. The Morgan fingerprint density at radius 1 is 1.22 bits per heavy atom. The quantitative estimate of drug-likeness (QED) is 0.819. The minimum absolute atomic E-state index is 0.00679. The number of rotatable bonds is 2. The second kappa shape index (κ2) is 5.58. The van der Waals surface area contributed by atoms with E-state index in [0.717, 1.165) is 4.90 Å². The largest absolute Gasteiger partial charge is 0.471 e. The fourth-order valence-corrected chi connectivity index (χ4v) is 1.93. The maximum absolute atomic E-state index is 12.2. The number of carbonyl (C=O) groups is 2. The first-order valence-electron chi connectivity index (χ1n) is 5.88. The Balaban J connectivity index is 2.46. The van der Waals surface area contributed by atoms with Crippen LogP contribution in [0, 0.1) is 5.92 Å². The molecule has 1 rings (SSSR count). The van der Waals surface area contributed by atoms with Crippen molar-refractivity contribution in [1.29, 1.82) is 0 Å². The fraction of sp³-hybridized carbons (Fsp3) is 0.818. The van der Waals surface area contributed by atoms with Crippen LogP contribution in [0.4, 0.5) is 13.2 Å². The number of hydrogen-bond acceptors (Lipinski definition) is 2. The highest BCUT2D eigenvalue weighted by Gasteiger charge is 2.43. The average Bonchev–Trinajstić information content (AvgIpc) is 2.26. The van der Waals surface area contributed by atoms with E-state index in [4.69, 9.17) is 0 Å². The highest BCUT2D eigenvalue weighted by Crippen LogP contribution is 2.23. The van der Waals surface area contributed by atoms with E-state index >= 15 is 0 Å². The van der Waals surface area contributed by atoms with Crippen LogP contribution in [0.3, 0.4) is 0 Å². The van der Waals surface area contributed by atoms with Gasteiger partial charge in [-0.15, -0.1) is 0 Å². The molecule has 2 amide bonds. The SMILES string of the molecule is CC(C)NC(=O)C1CCN(C(=O)C(F)(F)F)CC1. The van der Waals surface area contributed by atoms with Crippen molar-refractivity contribution in [2.45, 2.75) is 38.9 Å². The van der Waals surface area contributed by atoms with Gasteiger partial charge in [-0.1, -0.05) is 0 Å². The molecule has 0 aromatic rings. The molecular formula is C11H17F3N2O2. The Kier molecular flexibility index (Phi) is 4.59. The summed E-state index contributed by atoms with van der Waals surface area (Å²) in [6.45, 7) is 3.60. The standard InChI is InChI=1S/C11H17F3N2O2/c1-7(2)15-9(17)8-3-5-16(6-4-8)10(18)11(12,13)14/h7-8H,3-6H2,1-2H3,(H,15,17). The lowest BCUT2D eigenvalue weighted by atomic mass is 9.95. The monoisotopic (exact) mass is 266 g/mol. The number of amides is 2. The van der Waals surface area contributed by atoms with Crippen molar-refractivity contribution in [1.82, 2.24) is 10.2 Å². The van der Waals surface area contributed by atoms with Crippen LogP contribution in [-0.4, -0.2) is 42.0 Å². The number of likely N-dealkylation sites (tertiary alicyclic amines) is 1. The lowest BCUT2D eigenvalue weighted by Gasteiger charge is -2.32. The Labute approximate surface area is 104 Å². The second-order valence-corrected chi connectivity index (χ2v) is 4.73. The van der Waals surface area contributed by atoms with Gasteiger partial charge in [0.2, 0.25) is 5.91 Å². The number of nitrogens with zero attached hydrogens (tertiary/aromatic N) is 1. The first kappa shape index (κ1) is 14.8. The van der Waals surface area contributed by atoms with Crippen LogP contribution < -0.4 is 5.32 Å². The van der Waals surface area contributed by atoms with E-state index in [1.807, 2.05) is 13.8 Å². The van der Waals surface area contributed by atoms with Crippen molar-refractivity contribution in [3.05, 3.63) is 0 Å². The number of nitrogens with one attached hydrogen (secondary N) is 1. The summed E-state index contributed by atoms with van der Waals surface area (Å²) in [5.74, 6) is -2.26. The highest BCUT2D eigenvalue weighted by molar-refractivity contribution is 5.83. The second-order valence-electron chi connectivity index (χ2n) is 4.73. The molecule has 0 radical (unpaired) electrons. The molecule has 1 fully saturated rings. The van der Waals surface area contributed by atoms with Crippen molar-refractivity contribution in [3.63, 3.8) is 0 Å². The van der Waals surface area contributed by atoms with Crippen LogP contribution in [0.1, 0.15) is 26.7 Å². The molecule has 1 saturated heterocycles. The third kappa shape index (κ3) is 3.89. The van der Waals surface area contributed by atoms with Crippen molar-refractivity contribution in [3.8, 4) is 0 Å². The first-order valence-corrected chi connectivity index (χ1v) is 5.88. The van der Waals surface area contributed by atoms with Crippen molar-refractivity contribution in [2.75, 3.05) is 13.1 Å². The van der Waals surface area contributed by atoms with Crippen molar-refractivity contribution < 1.29 is 22.8 Å². The molecular weight excluding hydrogens is 249 g/mol. The molecule has 1 aliphatic rings. The number of hydrogen-bond donors (Lipinski definition) is 1. The smallest absolute Gasteiger partial charge is 0.354 e. The molecule has 104 valence electrons. The molecule has 0 unspecified atom stereocenters. The van der Waals surface area contributed by atoms with E-state index in [0.29, 0.717) is 0 Å². The van der Waals surface area contributed by atoms with Crippen LogP contribution in [-0.2, 0) is 9.59 Å². The van der Waals surface area contributed by atoms with Gasteiger partial charge in [0.15, 0.2) is 0 Å². The van der Waals surface area contributed by atoms with E-state index < -0.39 is 12.1 Å². The fourth-order valence-electron chi connectivity index (χ4n) is 1.93. The lowest BCUT2D eigenvalue weighted by Crippen LogP contribution is -2.48. The van der Waals surface area contributed by atoms with Gasteiger partial charge in [-0.2, -0.15) is 13.2 Å². The Hall–Kier alpha value is -1.27. The molecule has 1 heterocycles. The van der Waals surface area contributed by atoms with E-state index in [1.165, 1.54) is 0 Å². The van der Waals surface area contributed by atoms with Crippen LogP contribution in [0.2, 0.25) is 0 Å². The van der Waals surface area contributed by atoms with Gasteiger partial charge in [-0.3, -0.25) is 9.59 Å². The molecule has 0 aromatic heterocycles. The molecule has 0 saturated carbocycles. The van der Waals surface area contributed by atoms with E-state index in [1.54, 1.807) is 0 Å². The molecule has 0 spiro atoms. The molecule has 4 nitrogen and oxygen atoms in total. The van der Waals surface area contributed by atoms with Crippen LogP contribution in [0.25, 0.3) is 0 Å². The zero-order valence-electron chi connectivity index (χ0n) is 10.4. The zero-order chi connectivity index (χ0) is 13.9. The molecule has 0 atom stereocenters. The molecule has 7 heteroatoms. The summed E-state index contributed by atoms with van der Waals surface area (Å²) in [5.41, 5.74) is 0. The van der Waals surface area contributed by atoms with Gasteiger partial charge in [0.25, 0.3) is 0 Å². The predicted octanol–water partition coefficient (Wildman–Crippen LogP) is 1.31. The van der Waals surface area contributed by atoms with E-state index in [2.05, 4.69) is 5.32 Å². The normalized spacial score (nSPS) is 18.0. The van der Waals surface area contributed by atoms with Gasteiger partial charge in [-0.05, 0) is 26.7 Å². The molecule has 0 aliphatic carbocycles. The summed E-state index contributed by atoms with van der Waals surface area (Å²) < 4.78 is 36.6. The Bertz CT molecular complexity index is 321. The van der Waals surface area contributed by atoms with Crippen molar-refractivity contribution in [2.24, 2.45) is 5.92 Å². The van der Waals surface area contributed by atoms with Gasteiger partial charge in [0, 0.05) is 25.0 Å². The summed E-state index contributed by atoms with van der Waals surface area (Å²) in [6.07, 6.45) is -4.27. The van der Waals surface area contributed by atoms with Crippen LogP contribution in [0.15, 0.2) is 0 Å². The number of alkyl halides is 3. The third-order valence-corrected chi connectivity index (χ3v) is 2.83. The summed E-state index contributed by atoms with van der Waals surface area (Å²) in [6, 6.07) is 0.00679. The molecule has 18 heavy (non-hydrogen) atoms. The molecule has 0 bridgehead atoms. The Morgan fingerprint density at radius 3 is 2.11 bits per heavy atom. The summed E-state index contributed by atoms with van der Waals surface area (Å²) in [7, 11) is 0. The topological polar surface area (TPSA) is 49.4 Å². The summed E-state index contributed by atoms with van der Waals surface area (Å²) in [4.78, 5) is 23.4. The van der Waals surface area contributed by atoms with Crippen LogP contribution >= 0.6 is 0 Å². The van der Waals surface area contributed by atoms with Gasteiger partial charge < -0.3 is 10.2 Å². The molecule has 1 N–H and O–H groups in total. The third-order valence-electron chi connectivity index (χ3n) is 2.83. The predicted molar refractivity (Wildman–Crippen MR) is 58.6 cm³/mol. The lowest BCUT2D eigenvalue weighted by molar-refractivity contribution is -0.186. The number of piperidine rings is 1.